The van der Waals surface area contributed by atoms with E-state index in [0.717, 1.165) is 23.8 Å². The van der Waals surface area contributed by atoms with Crippen molar-refractivity contribution in [2.24, 2.45) is 0 Å². The van der Waals surface area contributed by atoms with Crippen LogP contribution < -0.4 is 10.6 Å². The van der Waals surface area contributed by atoms with E-state index in [4.69, 9.17) is 0 Å². The molecule has 0 bridgehead atoms. The van der Waals surface area contributed by atoms with Crippen molar-refractivity contribution in [1.29, 1.82) is 0 Å². The molecule has 0 aliphatic carbocycles. The number of rotatable bonds is 6. The summed E-state index contributed by atoms with van der Waals surface area (Å²) in [6.07, 6.45) is 3.27. The first kappa shape index (κ1) is 17.7. The second-order valence-electron chi connectivity index (χ2n) is 5.68. The number of hydrogen-bond acceptors (Lipinski definition) is 6. The molecule has 0 unspecified atom stereocenters. The van der Waals surface area contributed by atoms with Gasteiger partial charge in [0.25, 0.3) is 0 Å². The number of aliphatic hydroxyl groups excluding tert-OH is 1. The van der Waals surface area contributed by atoms with Gasteiger partial charge >= 0.3 is 0 Å². The van der Waals surface area contributed by atoms with Gasteiger partial charge in [0.2, 0.25) is 5.95 Å². The lowest BCUT2D eigenvalue weighted by molar-refractivity contribution is 0.281. The van der Waals surface area contributed by atoms with Crippen molar-refractivity contribution in [2.75, 3.05) is 17.2 Å². The fourth-order valence-electron chi connectivity index (χ4n) is 2.24. The maximum absolute atomic E-state index is 13.9. The predicted molar refractivity (Wildman–Crippen MR) is 95.1 cm³/mol. The molecule has 6 nitrogen and oxygen atoms in total. The summed E-state index contributed by atoms with van der Waals surface area (Å²) in [6.45, 7) is 1.65. The molecule has 3 aromatic rings. The zero-order valence-electron chi connectivity index (χ0n) is 13.9. The Labute approximate surface area is 149 Å². The van der Waals surface area contributed by atoms with Crippen LogP contribution in [0.15, 0.2) is 48.8 Å². The number of hydrogen-bond donors (Lipinski definition) is 3. The van der Waals surface area contributed by atoms with Crippen molar-refractivity contribution in [1.82, 2.24) is 15.0 Å². The van der Waals surface area contributed by atoms with Crippen LogP contribution in [0, 0.1) is 11.6 Å². The highest BCUT2D eigenvalue weighted by Gasteiger charge is 2.11. The van der Waals surface area contributed by atoms with Crippen LogP contribution in [0.3, 0.4) is 0 Å². The third-order valence-corrected chi connectivity index (χ3v) is 3.52. The molecule has 0 aliphatic heterocycles. The van der Waals surface area contributed by atoms with E-state index in [0.29, 0.717) is 5.69 Å². The molecule has 1 atom stereocenters. The molecular weight excluding hydrogens is 340 g/mol. The molecule has 0 fully saturated rings. The highest BCUT2D eigenvalue weighted by Crippen LogP contribution is 2.25. The molecule has 1 aromatic carbocycles. The molecule has 0 aliphatic rings. The highest BCUT2D eigenvalue weighted by molar-refractivity contribution is 5.67. The Bertz CT molecular complexity index is 892. The zero-order chi connectivity index (χ0) is 18.5. The van der Waals surface area contributed by atoms with Gasteiger partial charge in [-0.2, -0.15) is 4.98 Å². The van der Waals surface area contributed by atoms with Gasteiger partial charge < -0.3 is 15.7 Å². The van der Waals surface area contributed by atoms with E-state index < -0.39 is 11.6 Å². The van der Waals surface area contributed by atoms with Gasteiger partial charge in [-0.25, -0.2) is 13.8 Å². The minimum Gasteiger partial charge on any atom is -0.394 e. The van der Waals surface area contributed by atoms with Crippen molar-refractivity contribution < 1.29 is 13.9 Å². The van der Waals surface area contributed by atoms with Crippen LogP contribution in [0.25, 0.3) is 11.3 Å². The predicted octanol–water partition coefficient (Wildman–Crippen LogP) is 3.35. The molecule has 26 heavy (non-hydrogen) atoms. The van der Waals surface area contributed by atoms with Gasteiger partial charge in [-0.3, -0.25) is 4.98 Å². The molecule has 134 valence electrons. The van der Waals surface area contributed by atoms with Crippen LogP contribution in [0.1, 0.15) is 6.92 Å². The van der Waals surface area contributed by atoms with E-state index in [1.807, 2.05) is 6.07 Å². The van der Waals surface area contributed by atoms with Crippen molar-refractivity contribution in [3.8, 4) is 11.3 Å². The largest absolute Gasteiger partial charge is 0.394 e. The molecule has 0 amide bonds. The van der Waals surface area contributed by atoms with Gasteiger partial charge in [0.1, 0.15) is 17.5 Å². The summed E-state index contributed by atoms with van der Waals surface area (Å²) in [5.41, 5.74) is 1.24. The van der Waals surface area contributed by atoms with Crippen molar-refractivity contribution in [2.45, 2.75) is 13.0 Å². The van der Waals surface area contributed by atoms with Crippen LogP contribution in [0.4, 0.5) is 26.2 Å². The van der Waals surface area contributed by atoms with Gasteiger partial charge in [-0.05, 0) is 31.2 Å². The van der Waals surface area contributed by atoms with Crippen LogP contribution in [-0.4, -0.2) is 32.7 Å². The molecule has 0 saturated heterocycles. The van der Waals surface area contributed by atoms with E-state index in [-0.39, 0.29) is 30.1 Å². The van der Waals surface area contributed by atoms with Crippen LogP contribution in [-0.2, 0) is 0 Å². The Hall–Kier alpha value is -3.13. The number of halogens is 2. The SMILES string of the molecule is C[C@@H](CO)Nc1nc(Nc2cc(F)ccc2F)cc(-c2cccnc2)n1. The fraction of sp³-hybridized carbons (Fsp3) is 0.167. The first-order valence-electron chi connectivity index (χ1n) is 7.94. The number of nitrogens with one attached hydrogen (secondary N) is 2. The minimum absolute atomic E-state index is 0.0398. The fourth-order valence-corrected chi connectivity index (χ4v) is 2.24. The summed E-state index contributed by atoms with van der Waals surface area (Å²) in [4.78, 5) is 12.7. The van der Waals surface area contributed by atoms with E-state index in [1.165, 1.54) is 0 Å². The van der Waals surface area contributed by atoms with Gasteiger partial charge in [-0.15, -0.1) is 0 Å². The van der Waals surface area contributed by atoms with Crippen LogP contribution in [0.5, 0.6) is 0 Å². The second kappa shape index (κ2) is 7.83. The molecule has 3 rings (SSSR count). The summed E-state index contributed by atoms with van der Waals surface area (Å²) in [6, 6.07) is 8.03. The Balaban J connectivity index is 2.00. The van der Waals surface area contributed by atoms with Crippen LogP contribution in [0.2, 0.25) is 0 Å². The number of nitrogens with zero attached hydrogens (tertiary/aromatic N) is 3. The molecule has 3 N–H and O–H groups in total. The zero-order valence-corrected chi connectivity index (χ0v) is 13.9. The summed E-state index contributed by atoms with van der Waals surface area (Å²) >= 11 is 0. The molecule has 2 aromatic heterocycles. The average molecular weight is 357 g/mol. The Morgan fingerprint density at radius 3 is 2.73 bits per heavy atom. The van der Waals surface area contributed by atoms with Crippen molar-refractivity contribution in [3.63, 3.8) is 0 Å². The molecule has 0 radical (unpaired) electrons. The quantitative estimate of drug-likeness (QED) is 0.628. The lowest BCUT2D eigenvalue weighted by Gasteiger charge is -2.14. The lowest BCUT2D eigenvalue weighted by Crippen LogP contribution is -2.21. The van der Waals surface area contributed by atoms with Crippen LogP contribution >= 0.6 is 0 Å². The molecular formula is C18H17F2N5O. The summed E-state index contributed by atoms with van der Waals surface area (Å²) < 4.78 is 27.3. The Kier molecular flexibility index (Phi) is 5.33. The summed E-state index contributed by atoms with van der Waals surface area (Å²) in [5, 5.41) is 14.9. The number of aromatic nitrogens is 3. The summed E-state index contributed by atoms with van der Waals surface area (Å²) in [7, 11) is 0. The first-order chi connectivity index (χ1) is 12.5. The summed E-state index contributed by atoms with van der Waals surface area (Å²) in [5.74, 6) is -0.655. The number of anilines is 3. The van der Waals surface area contributed by atoms with E-state index in [2.05, 4.69) is 25.6 Å². The minimum atomic E-state index is -0.605. The average Bonchev–Trinajstić information content (AvgIpc) is 2.65. The molecule has 2 heterocycles. The number of pyridine rings is 1. The number of benzene rings is 1. The smallest absolute Gasteiger partial charge is 0.225 e. The van der Waals surface area contributed by atoms with E-state index in [1.54, 1.807) is 31.5 Å². The topological polar surface area (TPSA) is 83.0 Å². The molecule has 0 spiro atoms. The van der Waals surface area contributed by atoms with Crippen molar-refractivity contribution >= 4 is 17.5 Å². The van der Waals surface area contributed by atoms with Gasteiger partial charge in [-0.1, -0.05) is 0 Å². The number of aliphatic hydroxyl groups is 1. The van der Waals surface area contributed by atoms with Gasteiger partial charge in [0, 0.05) is 36.1 Å². The molecule has 8 heteroatoms. The molecule has 0 saturated carbocycles. The third-order valence-electron chi connectivity index (χ3n) is 3.52. The third kappa shape index (κ3) is 4.28. The maximum Gasteiger partial charge on any atom is 0.225 e. The monoisotopic (exact) mass is 357 g/mol. The van der Waals surface area contributed by atoms with Crippen molar-refractivity contribution in [3.05, 3.63) is 60.4 Å². The second-order valence-corrected chi connectivity index (χ2v) is 5.68. The van der Waals surface area contributed by atoms with E-state index >= 15 is 0 Å². The standard InChI is InChI=1S/C18H17F2N5O/c1-11(10-26)22-18-24-15(12-3-2-6-21-9-12)8-17(25-18)23-16-7-13(19)4-5-14(16)20/h2-9,11,26H,10H2,1H3,(H2,22,23,24,25)/t11-/m0/s1. The highest BCUT2D eigenvalue weighted by atomic mass is 19.1. The van der Waals surface area contributed by atoms with Gasteiger partial charge in [0.15, 0.2) is 0 Å². The van der Waals surface area contributed by atoms with Gasteiger partial charge in [0.05, 0.1) is 18.0 Å². The normalized spacial score (nSPS) is 11.8. The Morgan fingerprint density at radius 1 is 1.15 bits per heavy atom. The first-order valence-corrected chi connectivity index (χ1v) is 7.94. The maximum atomic E-state index is 13.9. The Morgan fingerprint density at radius 2 is 2.00 bits per heavy atom. The van der Waals surface area contributed by atoms with E-state index in [9.17, 15) is 13.9 Å². The lowest BCUT2D eigenvalue weighted by atomic mass is 10.2.